The summed E-state index contributed by atoms with van der Waals surface area (Å²) in [4.78, 5) is 0. The highest BCUT2D eigenvalue weighted by Crippen LogP contribution is 2.49. The van der Waals surface area contributed by atoms with E-state index in [-0.39, 0.29) is 11.5 Å². The summed E-state index contributed by atoms with van der Waals surface area (Å²) in [6.45, 7) is 5.86. The van der Waals surface area contributed by atoms with Crippen LogP contribution in [0.3, 0.4) is 0 Å². The van der Waals surface area contributed by atoms with Crippen molar-refractivity contribution in [1.82, 2.24) is 0 Å². The highest BCUT2D eigenvalue weighted by Gasteiger charge is 2.57. The SMILES string of the molecule is CC12CC(O)C(C(O)C1)C(C)(C)O2. The van der Waals surface area contributed by atoms with E-state index in [1.807, 2.05) is 20.8 Å². The molecular formula is C10H18O3. The molecule has 2 N–H and O–H groups in total. The standard InChI is InChI=1S/C10H18O3/c1-9(2)8-6(11)4-10(3,13-9)5-7(8)12/h6-8,11-12H,4-5H2,1-3H3. The molecule has 1 saturated carbocycles. The van der Waals surface area contributed by atoms with Crippen LogP contribution in [0.4, 0.5) is 0 Å². The Hall–Kier alpha value is -0.120. The summed E-state index contributed by atoms with van der Waals surface area (Å²) >= 11 is 0. The van der Waals surface area contributed by atoms with Crippen LogP contribution in [-0.2, 0) is 4.74 Å². The molecule has 2 bridgehead atoms. The Morgan fingerprint density at radius 1 is 1.08 bits per heavy atom. The van der Waals surface area contributed by atoms with E-state index in [1.165, 1.54) is 0 Å². The highest BCUT2D eigenvalue weighted by atomic mass is 16.5. The first-order chi connectivity index (χ1) is 5.84. The second-order valence-electron chi connectivity index (χ2n) is 5.22. The molecule has 0 radical (unpaired) electrons. The normalized spacial score (nSPS) is 53.8. The van der Waals surface area contributed by atoms with Crippen molar-refractivity contribution in [3.8, 4) is 0 Å². The van der Waals surface area contributed by atoms with E-state index in [0.717, 1.165) is 0 Å². The summed E-state index contributed by atoms with van der Waals surface area (Å²) in [5.41, 5.74) is -0.735. The predicted octanol–water partition coefficient (Wildman–Crippen LogP) is 0.686. The first-order valence-electron chi connectivity index (χ1n) is 4.90. The van der Waals surface area contributed by atoms with Crippen molar-refractivity contribution in [3.05, 3.63) is 0 Å². The maximum absolute atomic E-state index is 9.83. The number of hydrogen-bond acceptors (Lipinski definition) is 3. The average Bonchev–Trinajstić information content (AvgIpc) is 1.75. The molecule has 3 nitrogen and oxygen atoms in total. The Morgan fingerprint density at radius 3 is 1.85 bits per heavy atom. The number of fused-ring (bicyclic) bond motifs is 3. The van der Waals surface area contributed by atoms with Gasteiger partial charge in [-0.3, -0.25) is 0 Å². The zero-order valence-corrected chi connectivity index (χ0v) is 8.45. The maximum atomic E-state index is 9.83. The van der Waals surface area contributed by atoms with Crippen LogP contribution in [0.2, 0.25) is 0 Å². The minimum Gasteiger partial charge on any atom is -0.393 e. The molecular weight excluding hydrogens is 168 g/mol. The molecule has 1 aliphatic carbocycles. The van der Waals surface area contributed by atoms with Gasteiger partial charge in [0.15, 0.2) is 0 Å². The third-order valence-electron chi connectivity index (χ3n) is 3.42. The fraction of sp³-hybridized carbons (Fsp3) is 1.00. The summed E-state index contributed by atoms with van der Waals surface area (Å²) in [6, 6.07) is 0. The molecule has 2 atom stereocenters. The maximum Gasteiger partial charge on any atom is 0.0711 e. The molecule has 3 heteroatoms. The van der Waals surface area contributed by atoms with Crippen molar-refractivity contribution in [3.63, 3.8) is 0 Å². The van der Waals surface area contributed by atoms with Gasteiger partial charge >= 0.3 is 0 Å². The molecule has 0 aromatic carbocycles. The van der Waals surface area contributed by atoms with E-state index in [0.29, 0.717) is 12.8 Å². The minimum absolute atomic E-state index is 0.130. The van der Waals surface area contributed by atoms with E-state index in [1.54, 1.807) is 0 Å². The van der Waals surface area contributed by atoms with Crippen LogP contribution in [0.15, 0.2) is 0 Å². The molecule has 13 heavy (non-hydrogen) atoms. The van der Waals surface area contributed by atoms with Crippen molar-refractivity contribution in [1.29, 1.82) is 0 Å². The zero-order chi connectivity index (χ0) is 9.85. The van der Waals surface area contributed by atoms with Gasteiger partial charge in [-0.2, -0.15) is 0 Å². The largest absolute Gasteiger partial charge is 0.393 e. The predicted molar refractivity (Wildman–Crippen MR) is 48.3 cm³/mol. The summed E-state index contributed by atoms with van der Waals surface area (Å²) in [5.74, 6) is -0.130. The molecule has 0 aromatic heterocycles. The van der Waals surface area contributed by atoms with Crippen molar-refractivity contribution in [2.75, 3.05) is 0 Å². The van der Waals surface area contributed by atoms with Crippen LogP contribution in [0.1, 0.15) is 33.6 Å². The number of aliphatic hydroxyl groups excluding tert-OH is 2. The molecule has 2 unspecified atom stereocenters. The van der Waals surface area contributed by atoms with Crippen molar-refractivity contribution >= 4 is 0 Å². The molecule has 2 aliphatic heterocycles. The Labute approximate surface area is 78.7 Å². The molecule has 3 rings (SSSR count). The van der Waals surface area contributed by atoms with Crippen LogP contribution in [0.5, 0.6) is 0 Å². The molecule has 2 saturated heterocycles. The average molecular weight is 186 g/mol. The van der Waals surface area contributed by atoms with Crippen molar-refractivity contribution in [2.45, 2.75) is 57.0 Å². The monoisotopic (exact) mass is 186 g/mol. The smallest absolute Gasteiger partial charge is 0.0711 e. The number of hydrogen-bond donors (Lipinski definition) is 2. The lowest BCUT2D eigenvalue weighted by molar-refractivity contribution is -0.294. The van der Waals surface area contributed by atoms with Crippen molar-refractivity contribution in [2.24, 2.45) is 5.92 Å². The van der Waals surface area contributed by atoms with Crippen LogP contribution >= 0.6 is 0 Å². The third kappa shape index (κ3) is 1.30. The highest BCUT2D eigenvalue weighted by molar-refractivity contribution is 5.06. The molecule has 2 heterocycles. The zero-order valence-electron chi connectivity index (χ0n) is 8.45. The van der Waals surface area contributed by atoms with Crippen LogP contribution in [-0.4, -0.2) is 33.6 Å². The van der Waals surface area contributed by atoms with Gasteiger partial charge in [0.1, 0.15) is 0 Å². The van der Waals surface area contributed by atoms with E-state index < -0.39 is 17.8 Å². The fourth-order valence-electron chi connectivity index (χ4n) is 3.19. The second kappa shape index (κ2) is 2.47. The molecule has 3 fully saturated rings. The van der Waals surface area contributed by atoms with Gasteiger partial charge in [-0.1, -0.05) is 0 Å². The quantitative estimate of drug-likeness (QED) is 0.585. The molecule has 0 amide bonds. The number of rotatable bonds is 0. The van der Waals surface area contributed by atoms with Crippen molar-refractivity contribution < 1.29 is 14.9 Å². The summed E-state index contributed by atoms with van der Waals surface area (Å²) < 4.78 is 5.88. The Morgan fingerprint density at radius 2 is 1.54 bits per heavy atom. The lowest BCUT2D eigenvalue weighted by atomic mass is 9.65. The summed E-state index contributed by atoms with van der Waals surface area (Å²) in [7, 11) is 0. The number of aliphatic hydroxyl groups is 2. The van der Waals surface area contributed by atoms with Gasteiger partial charge in [-0.15, -0.1) is 0 Å². The van der Waals surface area contributed by atoms with E-state index in [9.17, 15) is 10.2 Å². The van der Waals surface area contributed by atoms with E-state index in [4.69, 9.17) is 4.74 Å². The molecule has 0 spiro atoms. The van der Waals surface area contributed by atoms with Gasteiger partial charge in [-0.05, 0) is 20.8 Å². The van der Waals surface area contributed by atoms with Gasteiger partial charge < -0.3 is 14.9 Å². The van der Waals surface area contributed by atoms with Gasteiger partial charge in [0.05, 0.1) is 23.4 Å². The minimum atomic E-state index is -0.419. The molecule has 76 valence electrons. The van der Waals surface area contributed by atoms with Crippen LogP contribution in [0, 0.1) is 5.92 Å². The Bertz CT molecular complexity index is 209. The van der Waals surface area contributed by atoms with Crippen LogP contribution in [0.25, 0.3) is 0 Å². The van der Waals surface area contributed by atoms with E-state index in [2.05, 4.69) is 0 Å². The summed E-state index contributed by atoms with van der Waals surface area (Å²) in [5, 5.41) is 19.7. The van der Waals surface area contributed by atoms with Gasteiger partial charge in [0.2, 0.25) is 0 Å². The first kappa shape index (κ1) is 9.44. The Balaban J connectivity index is 2.34. The second-order valence-corrected chi connectivity index (χ2v) is 5.22. The molecule has 3 aliphatic rings. The number of ether oxygens (including phenoxy) is 1. The Kier molecular flexibility index (Phi) is 1.79. The topological polar surface area (TPSA) is 49.7 Å². The third-order valence-corrected chi connectivity index (χ3v) is 3.42. The fourth-order valence-corrected chi connectivity index (χ4v) is 3.19. The lowest BCUT2D eigenvalue weighted by Crippen LogP contribution is -2.65. The first-order valence-corrected chi connectivity index (χ1v) is 4.90. The van der Waals surface area contributed by atoms with Gasteiger partial charge in [0.25, 0.3) is 0 Å². The van der Waals surface area contributed by atoms with Gasteiger partial charge in [-0.25, -0.2) is 0 Å². The van der Waals surface area contributed by atoms with E-state index >= 15 is 0 Å². The van der Waals surface area contributed by atoms with Crippen LogP contribution < -0.4 is 0 Å². The molecule has 0 aromatic rings. The summed E-state index contributed by atoms with van der Waals surface area (Å²) in [6.07, 6.45) is 0.464. The lowest BCUT2D eigenvalue weighted by Gasteiger charge is -2.58. The van der Waals surface area contributed by atoms with Gasteiger partial charge in [0, 0.05) is 18.8 Å².